The molecule has 0 atom stereocenters. The van der Waals surface area contributed by atoms with E-state index in [4.69, 9.17) is 21.5 Å². The molecule has 7 nitrogen and oxygen atoms in total. The van der Waals surface area contributed by atoms with Crippen LogP contribution in [0.4, 0.5) is 0 Å². The van der Waals surface area contributed by atoms with Crippen molar-refractivity contribution in [3.63, 3.8) is 0 Å². The fraction of sp³-hybridized carbons (Fsp3) is 0.111. The fourth-order valence-electron chi connectivity index (χ4n) is 2.55. The molecular weight excluding hydrogens is 470 g/mol. The summed E-state index contributed by atoms with van der Waals surface area (Å²) >= 11 is 9.41. The molecule has 2 N–H and O–H groups in total. The summed E-state index contributed by atoms with van der Waals surface area (Å²) in [7, 11) is -3.82. The Labute approximate surface area is 175 Å². The first-order valence-corrected chi connectivity index (χ1v) is 10.8. The molecule has 2 aromatic carbocycles. The van der Waals surface area contributed by atoms with Crippen LogP contribution in [0.3, 0.4) is 0 Å². The highest BCUT2D eigenvalue weighted by Gasteiger charge is 2.24. The van der Waals surface area contributed by atoms with Crippen molar-refractivity contribution in [3.8, 4) is 16.9 Å². The maximum atomic E-state index is 12.3. The van der Waals surface area contributed by atoms with E-state index in [2.05, 4.69) is 21.0 Å². The normalized spacial score (nSPS) is 11.4. The van der Waals surface area contributed by atoms with Gasteiger partial charge < -0.3 is 4.74 Å². The van der Waals surface area contributed by atoms with E-state index in [1.807, 2.05) is 0 Å². The predicted octanol–water partition coefficient (Wildman–Crippen LogP) is 3.78. The highest BCUT2D eigenvalue weighted by molar-refractivity contribution is 9.10. The highest BCUT2D eigenvalue weighted by atomic mass is 79.9. The minimum atomic E-state index is -3.82. The topological polar surface area (TPSA) is 104 Å². The lowest BCUT2D eigenvalue weighted by Crippen LogP contribution is -2.12. The van der Waals surface area contributed by atoms with Crippen molar-refractivity contribution < 1.29 is 17.9 Å². The molecule has 0 aliphatic rings. The average molecular weight is 485 g/mol. The Bertz CT molecular complexity index is 1130. The molecule has 0 radical (unpaired) electrons. The van der Waals surface area contributed by atoms with Crippen LogP contribution in [0.5, 0.6) is 0 Å². The monoisotopic (exact) mass is 483 g/mol. The Morgan fingerprint density at radius 3 is 2.32 bits per heavy atom. The maximum Gasteiger partial charge on any atom is 0.360 e. The van der Waals surface area contributed by atoms with Gasteiger partial charge >= 0.3 is 5.97 Å². The number of nitrogens with two attached hydrogens (primary N) is 1. The van der Waals surface area contributed by atoms with Crippen LogP contribution in [-0.2, 0) is 14.8 Å². The number of halogens is 2. The highest BCUT2D eigenvalue weighted by Crippen LogP contribution is 2.34. The number of aromatic nitrogens is 2. The quantitative estimate of drug-likeness (QED) is 0.555. The van der Waals surface area contributed by atoms with Gasteiger partial charge in [-0.05, 0) is 59.3 Å². The number of carbonyl (C=O) groups excluding carboxylic acids is 1. The molecule has 1 aromatic heterocycles. The van der Waals surface area contributed by atoms with Gasteiger partial charge in [0.2, 0.25) is 10.0 Å². The molecule has 0 unspecified atom stereocenters. The molecule has 0 aliphatic heterocycles. The summed E-state index contributed by atoms with van der Waals surface area (Å²) in [4.78, 5) is 12.3. The number of nitrogens with zero attached hydrogens (tertiary/aromatic N) is 2. The summed E-state index contributed by atoms with van der Waals surface area (Å²) in [6.45, 7) is 1.91. The molecule has 0 saturated heterocycles. The second-order valence-corrected chi connectivity index (χ2v) is 8.48. The van der Waals surface area contributed by atoms with Gasteiger partial charge in [0.1, 0.15) is 0 Å². The van der Waals surface area contributed by atoms with E-state index < -0.39 is 16.0 Å². The molecule has 10 heteroatoms. The summed E-state index contributed by atoms with van der Waals surface area (Å²) in [5, 5.41) is 10.1. The third-order valence-corrected chi connectivity index (χ3v) is 5.76. The molecular formula is C18H15BrClN3O4S. The van der Waals surface area contributed by atoms with Gasteiger partial charge in [-0.3, -0.25) is 0 Å². The van der Waals surface area contributed by atoms with E-state index in [0.717, 1.165) is 5.56 Å². The number of benzene rings is 2. The van der Waals surface area contributed by atoms with Crippen molar-refractivity contribution in [2.75, 3.05) is 6.61 Å². The number of hydrogen-bond acceptors (Lipinski definition) is 5. The molecule has 3 rings (SSSR count). The van der Waals surface area contributed by atoms with Crippen LogP contribution < -0.4 is 5.14 Å². The zero-order chi connectivity index (χ0) is 20.5. The maximum absolute atomic E-state index is 12.3. The van der Waals surface area contributed by atoms with Gasteiger partial charge in [-0.1, -0.05) is 23.7 Å². The van der Waals surface area contributed by atoms with Crippen LogP contribution in [0.1, 0.15) is 17.4 Å². The van der Waals surface area contributed by atoms with Crippen LogP contribution >= 0.6 is 27.5 Å². The van der Waals surface area contributed by atoms with Crippen LogP contribution in [0.25, 0.3) is 16.9 Å². The Hall–Kier alpha value is -2.20. The zero-order valence-corrected chi connectivity index (χ0v) is 17.8. The third kappa shape index (κ3) is 4.12. The van der Waals surface area contributed by atoms with Crippen molar-refractivity contribution in [2.45, 2.75) is 11.8 Å². The lowest BCUT2D eigenvalue weighted by atomic mass is 10.1. The van der Waals surface area contributed by atoms with E-state index in [0.29, 0.717) is 20.9 Å². The van der Waals surface area contributed by atoms with Crippen molar-refractivity contribution >= 4 is 43.5 Å². The third-order valence-electron chi connectivity index (χ3n) is 3.82. The van der Waals surface area contributed by atoms with Crippen molar-refractivity contribution in [2.24, 2.45) is 5.14 Å². The largest absolute Gasteiger partial charge is 0.461 e. The zero-order valence-electron chi connectivity index (χ0n) is 14.6. The molecule has 28 heavy (non-hydrogen) atoms. The lowest BCUT2D eigenvalue weighted by molar-refractivity contribution is 0.0518. The summed E-state index contributed by atoms with van der Waals surface area (Å²) in [6.07, 6.45) is 0. The minimum absolute atomic E-state index is 0.0267. The molecule has 0 spiro atoms. The first kappa shape index (κ1) is 20.5. The first-order chi connectivity index (χ1) is 13.2. The van der Waals surface area contributed by atoms with Crippen LogP contribution in [0, 0.1) is 0 Å². The van der Waals surface area contributed by atoms with Gasteiger partial charge in [0.15, 0.2) is 5.69 Å². The second-order valence-electron chi connectivity index (χ2n) is 5.69. The van der Waals surface area contributed by atoms with E-state index in [1.165, 1.54) is 16.8 Å². The smallest absolute Gasteiger partial charge is 0.360 e. The summed E-state index contributed by atoms with van der Waals surface area (Å²) in [6, 6.07) is 12.8. The Kier molecular flexibility index (Phi) is 5.90. The number of sulfonamides is 1. The number of ether oxygens (including phenoxy) is 1. The standard InChI is InChI=1S/C18H15BrClN3O4S/c1-2-27-18(24)16-15(19)17(11-3-5-12(20)6-4-11)23(22-16)13-7-9-14(10-8-13)28(21,25)26/h3-10H,2H2,1H3,(H2,21,25,26). The van der Waals surface area contributed by atoms with Gasteiger partial charge in [-0.25, -0.2) is 23.0 Å². The Balaban J connectivity index is 2.20. The Morgan fingerprint density at radius 2 is 1.79 bits per heavy atom. The Morgan fingerprint density at radius 1 is 1.18 bits per heavy atom. The molecule has 0 bridgehead atoms. The minimum Gasteiger partial charge on any atom is -0.461 e. The van der Waals surface area contributed by atoms with E-state index in [9.17, 15) is 13.2 Å². The van der Waals surface area contributed by atoms with Gasteiger partial charge in [-0.15, -0.1) is 0 Å². The lowest BCUT2D eigenvalue weighted by Gasteiger charge is -2.09. The van der Waals surface area contributed by atoms with E-state index in [-0.39, 0.29) is 17.2 Å². The number of carbonyl (C=O) groups is 1. The number of esters is 1. The van der Waals surface area contributed by atoms with E-state index >= 15 is 0 Å². The van der Waals surface area contributed by atoms with Crippen LogP contribution in [0.15, 0.2) is 57.9 Å². The van der Waals surface area contributed by atoms with Crippen molar-refractivity contribution in [1.29, 1.82) is 0 Å². The molecule has 0 amide bonds. The number of primary sulfonamides is 1. The summed E-state index contributed by atoms with van der Waals surface area (Å²) in [5.74, 6) is -0.579. The summed E-state index contributed by atoms with van der Waals surface area (Å²) in [5.41, 5.74) is 1.97. The molecule has 0 saturated carbocycles. The fourth-order valence-corrected chi connectivity index (χ4v) is 3.83. The van der Waals surface area contributed by atoms with Gasteiger partial charge in [0.25, 0.3) is 0 Å². The number of rotatable bonds is 5. The molecule has 146 valence electrons. The van der Waals surface area contributed by atoms with E-state index in [1.54, 1.807) is 43.3 Å². The number of hydrogen-bond donors (Lipinski definition) is 1. The second kappa shape index (κ2) is 8.04. The van der Waals surface area contributed by atoms with Gasteiger partial charge in [0, 0.05) is 10.6 Å². The van der Waals surface area contributed by atoms with Crippen molar-refractivity contribution in [1.82, 2.24) is 9.78 Å². The summed E-state index contributed by atoms with van der Waals surface area (Å²) < 4.78 is 30.0. The molecule has 3 aromatic rings. The molecule has 1 heterocycles. The molecule has 0 aliphatic carbocycles. The van der Waals surface area contributed by atoms with Crippen LogP contribution in [-0.4, -0.2) is 30.8 Å². The predicted molar refractivity (Wildman–Crippen MR) is 109 cm³/mol. The van der Waals surface area contributed by atoms with Crippen molar-refractivity contribution in [3.05, 3.63) is 63.7 Å². The van der Waals surface area contributed by atoms with Gasteiger partial charge in [-0.2, -0.15) is 5.10 Å². The van der Waals surface area contributed by atoms with Gasteiger partial charge in [0.05, 0.1) is 27.4 Å². The van der Waals surface area contributed by atoms with Crippen LogP contribution in [0.2, 0.25) is 5.02 Å². The SMILES string of the molecule is CCOC(=O)c1nn(-c2ccc(S(N)(=O)=O)cc2)c(-c2ccc(Cl)cc2)c1Br. The first-order valence-electron chi connectivity index (χ1n) is 8.07. The molecule has 0 fully saturated rings. The average Bonchev–Trinajstić information content (AvgIpc) is 2.99.